The van der Waals surface area contributed by atoms with Gasteiger partial charge in [0, 0.05) is 12.3 Å². The molecule has 0 aliphatic heterocycles. The molecule has 3 rings (SSSR count). The summed E-state index contributed by atoms with van der Waals surface area (Å²) in [6, 6.07) is 19.3. The summed E-state index contributed by atoms with van der Waals surface area (Å²) in [5, 5.41) is 8.18. The number of nitrogens with zero attached hydrogens (tertiary/aromatic N) is 3. The van der Waals surface area contributed by atoms with Crippen LogP contribution in [0.1, 0.15) is 5.56 Å². The average Bonchev–Trinajstić information content (AvgIpc) is 2.55. The predicted octanol–water partition coefficient (Wildman–Crippen LogP) is 3.12. The van der Waals surface area contributed by atoms with Crippen molar-refractivity contribution in [1.82, 2.24) is 15.2 Å². The van der Waals surface area contributed by atoms with Gasteiger partial charge in [0.15, 0.2) is 0 Å². The average molecular weight is 263 g/mol. The highest BCUT2D eigenvalue weighted by Crippen LogP contribution is 2.15. The Morgan fingerprint density at radius 2 is 1.60 bits per heavy atom. The van der Waals surface area contributed by atoms with Crippen LogP contribution < -0.4 is 4.74 Å². The molecular formula is C16H13N3O. The van der Waals surface area contributed by atoms with Crippen LogP contribution in [-0.4, -0.2) is 15.2 Å². The van der Waals surface area contributed by atoms with Gasteiger partial charge < -0.3 is 4.74 Å². The van der Waals surface area contributed by atoms with Gasteiger partial charge in [0.1, 0.15) is 12.3 Å². The van der Waals surface area contributed by atoms with Gasteiger partial charge in [0.2, 0.25) is 5.88 Å². The van der Waals surface area contributed by atoms with Crippen molar-refractivity contribution in [2.45, 2.75) is 6.61 Å². The van der Waals surface area contributed by atoms with Crippen molar-refractivity contribution < 1.29 is 4.74 Å². The molecule has 2 heterocycles. The fourth-order valence-electron chi connectivity index (χ4n) is 1.78. The van der Waals surface area contributed by atoms with Gasteiger partial charge in [-0.1, -0.05) is 36.4 Å². The third-order valence-corrected chi connectivity index (χ3v) is 2.80. The lowest BCUT2D eigenvalue weighted by molar-refractivity contribution is 0.290. The van der Waals surface area contributed by atoms with E-state index in [-0.39, 0.29) is 0 Å². The van der Waals surface area contributed by atoms with Crippen LogP contribution in [0, 0.1) is 0 Å². The Hall–Kier alpha value is -2.75. The first-order valence-electron chi connectivity index (χ1n) is 6.34. The van der Waals surface area contributed by atoms with E-state index in [2.05, 4.69) is 15.2 Å². The Bertz CT molecular complexity index is 654. The monoisotopic (exact) mass is 263 g/mol. The van der Waals surface area contributed by atoms with Gasteiger partial charge in [0.25, 0.3) is 0 Å². The van der Waals surface area contributed by atoms with Crippen LogP contribution in [0.4, 0.5) is 0 Å². The first-order valence-corrected chi connectivity index (χ1v) is 6.34. The van der Waals surface area contributed by atoms with Crippen LogP contribution in [0.15, 0.2) is 66.9 Å². The van der Waals surface area contributed by atoms with Gasteiger partial charge in [-0.3, -0.25) is 4.98 Å². The molecule has 0 amide bonds. The maximum absolute atomic E-state index is 5.59. The van der Waals surface area contributed by atoms with Crippen LogP contribution in [0.5, 0.6) is 5.88 Å². The Balaban J connectivity index is 1.68. The zero-order chi connectivity index (χ0) is 13.6. The number of hydrogen-bond acceptors (Lipinski definition) is 4. The van der Waals surface area contributed by atoms with Crippen molar-refractivity contribution in [2.75, 3.05) is 0 Å². The van der Waals surface area contributed by atoms with E-state index in [1.807, 2.05) is 54.6 Å². The summed E-state index contributed by atoms with van der Waals surface area (Å²) < 4.78 is 5.59. The third-order valence-electron chi connectivity index (χ3n) is 2.80. The van der Waals surface area contributed by atoms with E-state index in [4.69, 9.17) is 4.74 Å². The van der Waals surface area contributed by atoms with Crippen molar-refractivity contribution in [3.63, 3.8) is 0 Å². The number of ether oxygens (including phenoxy) is 1. The molecule has 4 nitrogen and oxygen atoms in total. The molecule has 98 valence electrons. The topological polar surface area (TPSA) is 47.9 Å². The molecule has 0 spiro atoms. The molecular weight excluding hydrogens is 250 g/mol. The zero-order valence-corrected chi connectivity index (χ0v) is 10.8. The van der Waals surface area contributed by atoms with Crippen molar-refractivity contribution in [1.29, 1.82) is 0 Å². The molecule has 4 heteroatoms. The van der Waals surface area contributed by atoms with E-state index in [9.17, 15) is 0 Å². The predicted molar refractivity (Wildman–Crippen MR) is 76.0 cm³/mol. The summed E-state index contributed by atoms with van der Waals surface area (Å²) >= 11 is 0. The summed E-state index contributed by atoms with van der Waals surface area (Å²) in [4.78, 5) is 4.23. The SMILES string of the molecule is c1ccc(COc2ccc(-c3ccccn3)nn2)cc1. The van der Waals surface area contributed by atoms with Crippen LogP contribution in [0.3, 0.4) is 0 Å². The number of hydrogen-bond donors (Lipinski definition) is 0. The lowest BCUT2D eigenvalue weighted by Crippen LogP contribution is -1.99. The highest BCUT2D eigenvalue weighted by Gasteiger charge is 2.02. The molecule has 0 radical (unpaired) electrons. The Labute approximate surface area is 117 Å². The molecule has 0 atom stereocenters. The van der Waals surface area contributed by atoms with Gasteiger partial charge >= 0.3 is 0 Å². The van der Waals surface area contributed by atoms with E-state index >= 15 is 0 Å². The molecule has 0 unspecified atom stereocenters. The van der Waals surface area contributed by atoms with E-state index in [1.54, 1.807) is 12.3 Å². The van der Waals surface area contributed by atoms with Crippen LogP contribution in [0.25, 0.3) is 11.4 Å². The third kappa shape index (κ3) is 2.98. The Morgan fingerprint density at radius 3 is 2.30 bits per heavy atom. The highest BCUT2D eigenvalue weighted by atomic mass is 16.5. The van der Waals surface area contributed by atoms with E-state index in [1.165, 1.54) is 0 Å². The maximum atomic E-state index is 5.59. The van der Waals surface area contributed by atoms with Crippen LogP contribution in [-0.2, 0) is 6.61 Å². The Kier molecular flexibility index (Phi) is 3.64. The minimum Gasteiger partial charge on any atom is -0.472 e. The van der Waals surface area contributed by atoms with Crippen molar-refractivity contribution in [2.24, 2.45) is 0 Å². The number of benzene rings is 1. The molecule has 3 aromatic rings. The molecule has 1 aromatic carbocycles. The second kappa shape index (κ2) is 5.93. The van der Waals surface area contributed by atoms with Gasteiger partial charge in [-0.15, -0.1) is 10.2 Å². The van der Waals surface area contributed by atoms with E-state index < -0.39 is 0 Å². The van der Waals surface area contributed by atoms with Crippen molar-refractivity contribution in [3.05, 3.63) is 72.4 Å². The fourth-order valence-corrected chi connectivity index (χ4v) is 1.78. The summed E-state index contributed by atoms with van der Waals surface area (Å²) in [5.74, 6) is 0.508. The quantitative estimate of drug-likeness (QED) is 0.725. The lowest BCUT2D eigenvalue weighted by atomic mass is 10.2. The minimum absolute atomic E-state index is 0.485. The lowest BCUT2D eigenvalue weighted by Gasteiger charge is -2.05. The van der Waals surface area contributed by atoms with Crippen LogP contribution in [0.2, 0.25) is 0 Å². The fraction of sp³-hybridized carbons (Fsp3) is 0.0625. The summed E-state index contributed by atoms with van der Waals surface area (Å²) in [6.07, 6.45) is 1.73. The number of aromatic nitrogens is 3. The standard InChI is InChI=1S/C16H13N3O/c1-2-6-13(7-3-1)12-20-16-10-9-15(18-19-16)14-8-4-5-11-17-14/h1-11H,12H2. The largest absolute Gasteiger partial charge is 0.472 e. The molecule has 0 N–H and O–H groups in total. The smallest absolute Gasteiger partial charge is 0.233 e. The van der Waals surface area contributed by atoms with Gasteiger partial charge in [-0.25, -0.2) is 0 Å². The second-order valence-corrected chi connectivity index (χ2v) is 4.25. The minimum atomic E-state index is 0.485. The van der Waals surface area contributed by atoms with Gasteiger partial charge in [-0.2, -0.15) is 0 Å². The zero-order valence-electron chi connectivity index (χ0n) is 10.8. The summed E-state index contributed by atoms with van der Waals surface area (Å²) in [7, 11) is 0. The molecule has 0 bridgehead atoms. The molecule has 0 fully saturated rings. The van der Waals surface area contributed by atoms with Gasteiger partial charge in [0.05, 0.1) is 5.69 Å². The summed E-state index contributed by atoms with van der Waals surface area (Å²) in [6.45, 7) is 0.485. The molecule has 0 aliphatic rings. The number of rotatable bonds is 4. The normalized spacial score (nSPS) is 10.2. The maximum Gasteiger partial charge on any atom is 0.233 e. The van der Waals surface area contributed by atoms with Crippen molar-refractivity contribution >= 4 is 0 Å². The van der Waals surface area contributed by atoms with Crippen molar-refractivity contribution in [3.8, 4) is 17.3 Å². The molecule has 0 aliphatic carbocycles. The molecule has 0 saturated carbocycles. The van der Waals surface area contributed by atoms with Crippen LogP contribution >= 0.6 is 0 Å². The van der Waals surface area contributed by atoms with E-state index in [0.29, 0.717) is 12.5 Å². The first kappa shape index (κ1) is 12.3. The molecule has 2 aromatic heterocycles. The molecule has 20 heavy (non-hydrogen) atoms. The van der Waals surface area contributed by atoms with Gasteiger partial charge in [-0.05, 0) is 23.8 Å². The van der Waals surface area contributed by atoms with E-state index in [0.717, 1.165) is 17.0 Å². The second-order valence-electron chi connectivity index (χ2n) is 4.25. The first-order chi connectivity index (χ1) is 9.92. The highest BCUT2D eigenvalue weighted by molar-refractivity contribution is 5.52. The summed E-state index contributed by atoms with van der Waals surface area (Å²) in [5.41, 5.74) is 2.63. The molecule has 0 saturated heterocycles. The Morgan fingerprint density at radius 1 is 0.750 bits per heavy atom. The number of pyridine rings is 1.